The first-order valence-corrected chi connectivity index (χ1v) is 8.73. The van der Waals surface area contributed by atoms with Gasteiger partial charge in [0.25, 0.3) is 5.54 Å². The van der Waals surface area contributed by atoms with E-state index in [1.807, 2.05) is 6.07 Å². The van der Waals surface area contributed by atoms with E-state index in [1.54, 1.807) is 26.0 Å². The quantitative estimate of drug-likeness (QED) is 0.617. The van der Waals surface area contributed by atoms with Gasteiger partial charge in [-0.05, 0) is 37.6 Å². The summed E-state index contributed by atoms with van der Waals surface area (Å²) in [6.45, 7) is 5.02. The number of hydrogen-bond acceptors (Lipinski definition) is 6. The largest absolute Gasteiger partial charge is 0.464 e. The normalized spacial score (nSPS) is 14.5. The molecule has 0 unspecified atom stereocenters. The van der Waals surface area contributed by atoms with Crippen molar-refractivity contribution in [3.8, 4) is 0 Å². The SMILES string of the molecule is CCOC(=O)C1(C(=O)OCC)Cc2c([nH]c3ccc(NC(C)=O)cc23)C=N1. The van der Waals surface area contributed by atoms with E-state index in [4.69, 9.17) is 9.47 Å². The minimum atomic E-state index is -1.77. The van der Waals surface area contributed by atoms with E-state index in [1.165, 1.54) is 13.1 Å². The number of hydrogen-bond donors (Lipinski definition) is 2. The number of carbonyl (C=O) groups excluding carboxylic acids is 3. The van der Waals surface area contributed by atoms with Gasteiger partial charge in [0.2, 0.25) is 5.91 Å². The van der Waals surface area contributed by atoms with Crippen molar-refractivity contribution in [2.75, 3.05) is 18.5 Å². The van der Waals surface area contributed by atoms with Crippen molar-refractivity contribution in [1.82, 2.24) is 4.98 Å². The zero-order valence-corrected chi connectivity index (χ0v) is 15.4. The number of carbonyl (C=O) groups is 3. The van der Waals surface area contributed by atoms with Gasteiger partial charge in [0.1, 0.15) is 0 Å². The highest BCUT2D eigenvalue weighted by Gasteiger charge is 2.51. The predicted octanol–water partition coefficient (Wildman–Crippen LogP) is 1.97. The molecule has 2 heterocycles. The Hall–Kier alpha value is -3.16. The number of anilines is 1. The summed E-state index contributed by atoms with van der Waals surface area (Å²) in [7, 11) is 0. The van der Waals surface area contributed by atoms with Crippen LogP contribution in [-0.2, 0) is 30.3 Å². The molecule has 1 aliphatic rings. The summed E-state index contributed by atoms with van der Waals surface area (Å²) in [5, 5.41) is 3.52. The van der Waals surface area contributed by atoms with Crippen molar-refractivity contribution in [1.29, 1.82) is 0 Å². The Balaban J connectivity index is 2.09. The van der Waals surface area contributed by atoms with E-state index in [2.05, 4.69) is 15.3 Å². The lowest BCUT2D eigenvalue weighted by Gasteiger charge is -2.27. The fourth-order valence-electron chi connectivity index (χ4n) is 3.16. The summed E-state index contributed by atoms with van der Waals surface area (Å²) >= 11 is 0. The molecule has 2 N–H and O–H groups in total. The Labute approximate surface area is 155 Å². The third kappa shape index (κ3) is 3.30. The first-order valence-electron chi connectivity index (χ1n) is 8.73. The van der Waals surface area contributed by atoms with E-state index in [0.29, 0.717) is 11.4 Å². The number of rotatable bonds is 5. The Kier molecular flexibility index (Phi) is 4.98. The van der Waals surface area contributed by atoms with Crippen molar-refractivity contribution < 1.29 is 23.9 Å². The molecule has 0 bridgehead atoms. The van der Waals surface area contributed by atoms with Crippen molar-refractivity contribution in [3.05, 3.63) is 29.5 Å². The molecule has 0 spiro atoms. The summed E-state index contributed by atoms with van der Waals surface area (Å²) in [4.78, 5) is 44.0. The average molecular weight is 371 g/mol. The van der Waals surface area contributed by atoms with Crippen molar-refractivity contribution >= 4 is 40.7 Å². The molecule has 27 heavy (non-hydrogen) atoms. The molecule has 8 nitrogen and oxygen atoms in total. The lowest BCUT2D eigenvalue weighted by Crippen LogP contribution is -2.50. The summed E-state index contributed by atoms with van der Waals surface area (Å²) < 4.78 is 10.2. The molecule has 2 aromatic rings. The summed E-state index contributed by atoms with van der Waals surface area (Å²) in [6, 6.07) is 5.39. The maximum absolute atomic E-state index is 12.6. The number of H-pyrrole nitrogens is 1. The monoisotopic (exact) mass is 371 g/mol. The van der Waals surface area contributed by atoms with Gasteiger partial charge in [-0.15, -0.1) is 0 Å². The molecule has 1 aromatic carbocycles. The van der Waals surface area contributed by atoms with Crippen LogP contribution in [0, 0.1) is 0 Å². The van der Waals surface area contributed by atoms with E-state index in [0.717, 1.165) is 16.5 Å². The maximum Gasteiger partial charge on any atom is 0.346 e. The number of amides is 1. The number of aromatic amines is 1. The number of ether oxygens (including phenoxy) is 2. The number of aliphatic imine (C=N–C) groups is 1. The van der Waals surface area contributed by atoms with Crippen molar-refractivity contribution in [2.24, 2.45) is 4.99 Å². The summed E-state index contributed by atoms with van der Waals surface area (Å²) in [6.07, 6.45) is 1.48. The minimum absolute atomic E-state index is 0.0139. The molecular weight excluding hydrogens is 350 g/mol. The fourth-order valence-corrected chi connectivity index (χ4v) is 3.16. The number of benzene rings is 1. The van der Waals surface area contributed by atoms with Gasteiger partial charge in [-0.1, -0.05) is 0 Å². The summed E-state index contributed by atoms with van der Waals surface area (Å²) in [5.74, 6) is -1.66. The van der Waals surface area contributed by atoms with Crippen molar-refractivity contribution in [3.63, 3.8) is 0 Å². The molecule has 0 fully saturated rings. The smallest absolute Gasteiger partial charge is 0.346 e. The third-order valence-corrected chi connectivity index (χ3v) is 4.33. The molecule has 1 aliphatic heterocycles. The molecule has 3 rings (SSSR count). The molecule has 0 saturated carbocycles. The molecule has 1 amide bonds. The average Bonchev–Trinajstić information content (AvgIpc) is 2.98. The van der Waals surface area contributed by atoms with Crippen LogP contribution in [-0.4, -0.2) is 47.8 Å². The predicted molar refractivity (Wildman–Crippen MR) is 99.9 cm³/mol. The zero-order valence-electron chi connectivity index (χ0n) is 15.4. The van der Waals surface area contributed by atoms with Gasteiger partial charge in [-0.25, -0.2) is 9.59 Å². The van der Waals surface area contributed by atoms with Gasteiger partial charge in [-0.3, -0.25) is 9.79 Å². The first kappa shape index (κ1) is 18.6. The lowest BCUT2D eigenvalue weighted by atomic mass is 9.87. The molecule has 0 atom stereocenters. The highest BCUT2D eigenvalue weighted by molar-refractivity contribution is 6.10. The van der Waals surface area contributed by atoms with Crippen molar-refractivity contribution in [2.45, 2.75) is 32.7 Å². The molecule has 8 heteroatoms. The van der Waals surface area contributed by atoms with Crippen LogP contribution in [0.2, 0.25) is 0 Å². The Morgan fingerprint density at radius 3 is 2.44 bits per heavy atom. The molecule has 1 aromatic heterocycles. The van der Waals surface area contributed by atoms with Gasteiger partial charge in [-0.2, -0.15) is 0 Å². The molecule has 142 valence electrons. The second-order valence-corrected chi connectivity index (χ2v) is 6.19. The highest BCUT2D eigenvalue weighted by atomic mass is 16.6. The topological polar surface area (TPSA) is 110 Å². The maximum atomic E-state index is 12.6. The number of nitrogens with zero attached hydrogens (tertiary/aromatic N) is 1. The third-order valence-electron chi connectivity index (χ3n) is 4.33. The van der Waals surface area contributed by atoms with Crippen LogP contribution in [0.15, 0.2) is 23.2 Å². The van der Waals surface area contributed by atoms with Crippen LogP contribution in [0.25, 0.3) is 10.9 Å². The van der Waals surface area contributed by atoms with Gasteiger partial charge in [0.15, 0.2) is 0 Å². The Morgan fingerprint density at radius 1 is 1.19 bits per heavy atom. The standard InChI is InChI=1S/C19H21N3O5/c1-4-26-17(24)19(18(25)27-5-2)9-14-13-8-12(21-11(3)23)6-7-15(13)22-16(14)10-20-19/h6-8,10,22H,4-5,9H2,1-3H3,(H,21,23). The van der Waals surface area contributed by atoms with E-state index >= 15 is 0 Å². The van der Waals surface area contributed by atoms with Gasteiger partial charge in [0, 0.05) is 36.1 Å². The van der Waals surface area contributed by atoms with Crippen LogP contribution in [0.1, 0.15) is 32.0 Å². The second-order valence-electron chi connectivity index (χ2n) is 6.19. The van der Waals surface area contributed by atoms with Crippen LogP contribution in [0.3, 0.4) is 0 Å². The fraction of sp³-hybridized carbons (Fsp3) is 0.368. The minimum Gasteiger partial charge on any atom is -0.464 e. The number of fused-ring (bicyclic) bond motifs is 3. The van der Waals surface area contributed by atoms with Crippen LogP contribution >= 0.6 is 0 Å². The van der Waals surface area contributed by atoms with Gasteiger partial charge < -0.3 is 19.8 Å². The van der Waals surface area contributed by atoms with Crippen LogP contribution in [0.4, 0.5) is 5.69 Å². The van der Waals surface area contributed by atoms with Crippen LogP contribution in [0.5, 0.6) is 0 Å². The highest BCUT2D eigenvalue weighted by Crippen LogP contribution is 2.34. The van der Waals surface area contributed by atoms with E-state index in [-0.39, 0.29) is 25.5 Å². The second kappa shape index (κ2) is 7.22. The van der Waals surface area contributed by atoms with Gasteiger partial charge in [0.05, 0.1) is 18.9 Å². The molecule has 0 aliphatic carbocycles. The Morgan fingerprint density at radius 2 is 1.85 bits per heavy atom. The number of nitrogens with one attached hydrogen (secondary N) is 2. The molecular formula is C19H21N3O5. The van der Waals surface area contributed by atoms with E-state index in [9.17, 15) is 14.4 Å². The van der Waals surface area contributed by atoms with E-state index < -0.39 is 17.5 Å². The zero-order chi connectivity index (χ0) is 19.6. The Bertz CT molecular complexity index is 926. The molecule has 0 saturated heterocycles. The number of esters is 2. The lowest BCUT2D eigenvalue weighted by molar-refractivity contribution is -0.163. The van der Waals surface area contributed by atoms with Gasteiger partial charge >= 0.3 is 11.9 Å². The summed E-state index contributed by atoms with van der Waals surface area (Å²) in [5.41, 5.74) is 1.11. The van der Waals surface area contributed by atoms with Crippen LogP contribution < -0.4 is 5.32 Å². The molecule has 0 radical (unpaired) electrons. The first-order chi connectivity index (χ1) is 12.9. The number of aromatic nitrogens is 1.